The van der Waals surface area contributed by atoms with Crippen LogP contribution in [0.25, 0.3) is 0 Å². The van der Waals surface area contributed by atoms with E-state index in [9.17, 15) is 17.6 Å². The smallest absolute Gasteiger partial charge is 0.264 e. The minimum absolute atomic E-state index is 0.0646. The molecule has 0 bridgehead atoms. The van der Waals surface area contributed by atoms with Crippen LogP contribution in [0.4, 0.5) is 10.1 Å². The number of hydrogen-bond donors (Lipinski definition) is 1. The zero-order valence-electron chi connectivity index (χ0n) is 18.4. The van der Waals surface area contributed by atoms with Crippen molar-refractivity contribution in [3.05, 3.63) is 95.8 Å². The second-order valence-electron chi connectivity index (χ2n) is 7.48. The summed E-state index contributed by atoms with van der Waals surface area (Å²) in [5.41, 5.74) is 2.79. The molecule has 3 rings (SSSR count). The van der Waals surface area contributed by atoms with Crippen molar-refractivity contribution in [2.75, 3.05) is 23.1 Å². The number of sulfonamides is 1. The minimum atomic E-state index is -3.99. The number of carbonyl (C=O) groups excluding carboxylic acids is 1. The number of carbonyl (C=O) groups is 1. The molecular weight excluding hydrogens is 459 g/mol. The van der Waals surface area contributed by atoms with Gasteiger partial charge in [0, 0.05) is 12.3 Å². The van der Waals surface area contributed by atoms with E-state index in [4.69, 9.17) is 0 Å². The molecule has 8 heteroatoms. The average molecular weight is 487 g/mol. The largest absolute Gasteiger partial charge is 0.354 e. The lowest BCUT2D eigenvalue weighted by molar-refractivity contribution is -0.119. The van der Waals surface area contributed by atoms with Crippen molar-refractivity contribution >= 4 is 33.4 Å². The summed E-state index contributed by atoms with van der Waals surface area (Å²) < 4.78 is 40.7. The molecule has 0 atom stereocenters. The van der Waals surface area contributed by atoms with E-state index >= 15 is 0 Å². The summed E-state index contributed by atoms with van der Waals surface area (Å²) in [6, 6.07) is 21.2. The zero-order valence-corrected chi connectivity index (χ0v) is 20.0. The van der Waals surface area contributed by atoms with E-state index in [1.807, 2.05) is 12.1 Å². The maximum absolute atomic E-state index is 13.4. The molecule has 0 saturated carbocycles. The van der Waals surface area contributed by atoms with E-state index < -0.39 is 21.7 Å². The fraction of sp³-hybridized carbons (Fsp3) is 0.240. The number of thioether (sulfide) groups is 1. The molecule has 0 saturated heterocycles. The van der Waals surface area contributed by atoms with E-state index in [1.165, 1.54) is 47.5 Å². The van der Waals surface area contributed by atoms with Gasteiger partial charge in [0.05, 0.1) is 10.6 Å². The Labute approximate surface area is 199 Å². The lowest BCUT2D eigenvalue weighted by Crippen LogP contribution is -2.41. The molecule has 3 aromatic carbocycles. The van der Waals surface area contributed by atoms with Crippen molar-refractivity contribution in [2.24, 2.45) is 0 Å². The Bertz CT molecular complexity index is 1150. The Morgan fingerprint density at radius 1 is 0.970 bits per heavy atom. The van der Waals surface area contributed by atoms with Gasteiger partial charge in [-0.25, -0.2) is 12.8 Å². The number of hydrogen-bond acceptors (Lipinski definition) is 4. The van der Waals surface area contributed by atoms with Gasteiger partial charge in [-0.2, -0.15) is 11.8 Å². The first-order chi connectivity index (χ1) is 15.9. The number of aryl methyl sites for hydroxylation is 1. The van der Waals surface area contributed by atoms with Crippen molar-refractivity contribution in [1.29, 1.82) is 0 Å². The summed E-state index contributed by atoms with van der Waals surface area (Å²) in [4.78, 5) is 12.6. The van der Waals surface area contributed by atoms with Crippen molar-refractivity contribution in [2.45, 2.75) is 24.0 Å². The Hall–Kier alpha value is -2.84. The molecule has 3 aromatic rings. The standard InChI is InChI=1S/C25H27FN2O3S2/c1-20-8-5-6-9-21(20)19-32-17-7-16-27-25(29)18-28(23-14-12-22(26)13-15-23)33(30,31)24-10-3-2-4-11-24/h2-6,8-15H,7,16-19H2,1H3,(H,27,29). The quantitative estimate of drug-likeness (QED) is 0.397. The highest BCUT2D eigenvalue weighted by Crippen LogP contribution is 2.23. The fourth-order valence-corrected chi connectivity index (χ4v) is 5.66. The number of nitrogens with one attached hydrogen (secondary N) is 1. The molecule has 0 fully saturated rings. The summed E-state index contributed by atoms with van der Waals surface area (Å²) in [5.74, 6) is 0.888. The number of anilines is 1. The topological polar surface area (TPSA) is 66.5 Å². The van der Waals surface area contributed by atoms with Crippen LogP contribution in [0.5, 0.6) is 0 Å². The van der Waals surface area contributed by atoms with Gasteiger partial charge in [0.15, 0.2) is 0 Å². The first kappa shape index (κ1) is 24.8. The molecule has 174 valence electrons. The van der Waals surface area contributed by atoms with Gasteiger partial charge >= 0.3 is 0 Å². The van der Waals surface area contributed by atoms with Gasteiger partial charge in [-0.1, -0.05) is 42.5 Å². The summed E-state index contributed by atoms with van der Waals surface area (Å²) in [7, 11) is -3.99. The number of nitrogens with zero attached hydrogens (tertiary/aromatic N) is 1. The average Bonchev–Trinajstić information content (AvgIpc) is 2.82. The first-order valence-electron chi connectivity index (χ1n) is 10.6. The predicted molar refractivity (Wildman–Crippen MR) is 132 cm³/mol. The molecule has 0 aliphatic heterocycles. The minimum Gasteiger partial charge on any atom is -0.354 e. The Morgan fingerprint density at radius 2 is 1.64 bits per heavy atom. The summed E-state index contributed by atoms with van der Waals surface area (Å²) >= 11 is 1.79. The molecule has 0 spiro atoms. The Kier molecular flexibility index (Phi) is 8.91. The van der Waals surface area contributed by atoms with Crippen LogP contribution in [-0.2, 0) is 20.6 Å². The molecule has 0 radical (unpaired) electrons. The van der Waals surface area contributed by atoms with Crippen LogP contribution in [0, 0.1) is 12.7 Å². The third kappa shape index (κ3) is 7.07. The number of rotatable bonds is 11. The third-order valence-electron chi connectivity index (χ3n) is 5.04. The van der Waals surface area contributed by atoms with E-state index in [1.54, 1.807) is 30.0 Å². The molecule has 0 aliphatic rings. The molecule has 0 heterocycles. The van der Waals surface area contributed by atoms with Crippen molar-refractivity contribution in [1.82, 2.24) is 5.32 Å². The summed E-state index contributed by atoms with van der Waals surface area (Å²) in [6.07, 6.45) is 0.768. The highest BCUT2D eigenvalue weighted by Gasteiger charge is 2.27. The second kappa shape index (κ2) is 11.9. The Morgan fingerprint density at radius 3 is 2.33 bits per heavy atom. The van der Waals surface area contributed by atoms with Crippen molar-refractivity contribution in [3.63, 3.8) is 0 Å². The lowest BCUT2D eigenvalue weighted by atomic mass is 10.1. The van der Waals surface area contributed by atoms with Crippen molar-refractivity contribution < 1.29 is 17.6 Å². The number of halogens is 1. The van der Waals surface area contributed by atoms with E-state index in [0.29, 0.717) is 6.54 Å². The molecule has 1 amide bonds. The SMILES string of the molecule is Cc1ccccc1CSCCCNC(=O)CN(c1ccc(F)cc1)S(=O)(=O)c1ccccc1. The number of amides is 1. The lowest BCUT2D eigenvalue weighted by Gasteiger charge is -2.24. The molecular formula is C25H27FN2O3S2. The fourth-order valence-electron chi connectivity index (χ4n) is 3.18. The Balaban J connectivity index is 1.56. The van der Waals surface area contributed by atoms with E-state index in [2.05, 4.69) is 24.4 Å². The van der Waals surface area contributed by atoms with Crippen LogP contribution in [0.2, 0.25) is 0 Å². The maximum Gasteiger partial charge on any atom is 0.264 e. The van der Waals surface area contributed by atoms with E-state index in [-0.39, 0.29) is 17.1 Å². The van der Waals surface area contributed by atoms with Gasteiger partial charge in [-0.3, -0.25) is 9.10 Å². The van der Waals surface area contributed by atoms with Crippen LogP contribution in [0.15, 0.2) is 83.8 Å². The van der Waals surface area contributed by atoms with Gasteiger partial charge in [0.2, 0.25) is 5.91 Å². The summed E-state index contributed by atoms with van der Waals surface area (Å²) in [6.45, 7) is 2.15. The summed E-state index contributed by atoms with van der Waals surface area (Å²) in [5, 5.41) is 2.80. The molecule has 0 aromatic heterocycles. The van der Waals surface area contributed by atoms with Gasteiger partial charge in [0.25, 0.3) is 10.0 Å². The van der Waals surface area contributed by atoms with E-state index in [0.717, 1.165) is 22.2 Å². The number of benzene rings is 3. The first-order valence-corrected chi connectivity index (χ1v) is 13.2. The molecule has 33 heavy (non-hydrogen) atoms. The highest BCUT2D eigenvalue weighted by molar-refractivity contribution is 7.98. The highest BCUT2D eigenvalue weighted by atomic mass is 32.2. The molecule has 5 nitrogen and oxygen atoms in total. The van der Waals surface area contributed by atoms with Gasteiger partial charge in [-0.05, 0) is 66.6 Å². The normalized spacial score (nSPS) is 11.2. The van der Waals surface area contributed by atoms with Crippen LogP contribution in [-0.4, -0.2) is 33.2 Å². The van der Waals surface area contributed by atoms with Crippen LogP contribution in [0.1, 0.15) is 17.5 Å². The maximum atomic E-state index is 13.4. The van der Waals surface area contributed by atoms with Crippen LogP contribution in [0.3, 0.4) is 0 Å². The van der Waals surface area contributed by atoms with Crippen molar-refractivity contribution in [3.8, 4) is 0 Å². The second-order valence-corrected chi connectivity index (χ2v) is 10.5. The van der Waals surface area contributed by atoms with Gasteiger partial charge in [-0.15, -0.1) is 0 Å². The molecule has 1 N–H and O–H groups in total. The molecule has 0 aliphatic carbocycles. The molecule has 0 unspecified atom stereocenters. The van der Waals surface area contributed by atoms with Gasteiger partial charge < -0.3 is 5.32 Å². The third-order valence-corrected chi connectivity index (χ3v) is 7.92. The van der Waals surface area contributed by atoms with Gasteiger partial charge in [0.1, 0.15) is 12.4 Å². The predicted octanol–water partition coefficient (Wildman–Crippen LogP) is 4.77. The van der Waals surface area contributed by atoms with Crippen LogP contribution >= 0.6 is 11.8 Å². The monoisotopic (exact) mass is 486 g/mol. The van der Waals surface area contributed by atoms with Crippen LogP contribution < -0.4 is 9.62 Å². The zero-order chi connectivity index (χ0) is 23.7.